The molecule has 0 aliphatic rings. The van der Waals surface area contributed by atoms with Crippen LogP contribution in [0.3, 0.4) is 0 Å². The summed E-state index contributed by atoms with van der Waals surface area (Å²) in [6.07, 6.45) is 0. The van der Waals surface area contributed by atoms with Crippen LogP contribution in [0.25, 0.3) is 55.8 Å². The zero-order chi connectivity index (χ0) is 23.1. The summed E-state index contributed by atoms with van der Waals surface area (Å²) in [5.74, 6) is 0.538. The molecule has 6 rings (SSSR count). The van der Waals surface area contributed by atoms with Crippen LogP contribution >= 0.6 is 0 Å². The van der Waals surface area contributed by atoms with E-state index in [0.29, 0.717) is 22.5 Å². The van der Waals surface area contributed by atoms with E-state index in [1.807, 2.05) is 91.0 Å². The Labute approximate surface area is 196 Å². The Bertz CT molecular complexity index is 1570. The van der Waals surface area contributed by atoms with E-state index in [-0.39, 0.29) is 0 Å². The van der Waals surface area contributed by atoms with Gasteiger partial charge in [-0.15, -0.1) is 0 Å². The van der Waals surface area contributed by atoms with E-state index in [0.717, 1.165) is 38.9 Å². The van der Waals surface area contributed by atoms with E-state index in [1.165, 1.54) is 0 Å². The highest BCUT2D eigenvalue weighted by molar-refractivity contribution is 6.61. The van der Waals surface area contributed by atoms with Crippen molar-refractivity contribution in [3.8, 4) is 33.9 Å². The van der Waals surface area contributed by atoms with Crippen molar-refractivity contribution in [2.45, 2.75) is 0 Å². The average molecular weight is 442 g/mol. The zero-order valence-corrected chi connectivity index (χ0v) is 18.1. The van der Waals surface area contributed by atoms with Crippen molar-refractivity contribution in [3.05, 3.63) is 103 Å². The Balaban J connectivity index is 1.63. The molecule has 162 valence electrons. The predicted molar refractivity (Wildman–Crippen MR) is 135 cm³/mol. The lowest BCUT2D eigenvalue weighted by atomic mass is 9.79. The Hall–Kier alpha value is -4.26. The summed E-state index contributed by atoms with van der Waals surface area (Å²) >= 11 is 0. The fourth-order valence-electron chi connectivity index (χ4n) is 4.30. The first kappa shape index (κ1) is 20.4. The highest BCUT2D eigenvalue weighted by Gasteiger charge is 2.21. The minimum atomic E-state index is -1.63. The van der Waals surface area contributed by atoms with Crippen molar-refractivity contribution in [2.24, 2.45) is 0 Å². The minimum absolute atomic E-state index is 0.323. The molecule has 6 aromatic rings. The summed E-state index contributed by atoms with van der Waals surface area (Å²) < 4.78 is 6.22. The topological polar surface area (TPSA) is 79.4 Å². The van der Waals surface area contributed by atoms with Crippen molar-refractivity contribution in [2.75, 3.05) is 0 Å². The van der Waals surface area contributed by atoms with Crippen LogP contribution in [-0.2, 0) is 0 Å². The fourth-order valence-corrected chi connectivity index (χ4v) is 4.30. The molecule has 0 amide bonds. The maximum atomic E-state index is 9.83. The van der Waals surface area contributed by atoms with Gasteiger partial charge >= 0.3 is 7.12 Å². The highest BCUT2D eigenvalue weighted by atomic mass is 16.4. The summed E-state index contributed by atoms with van der Waals surface area (Å²) in [4.78, 5) is 9.81. The first-order chi connectivity index (χ1) is 16.7. The fraction of sp³-hybridized carbons (Fsp3) is 0. The standard InChI is InChI=1S/C28H19BN2O3/c32-29(33)23-16-8-14-21-20-13-7-15-22(26(20)34-27(21)23)28-30-24(18-9-3-1-4-10-18)17-25(31-28)19-11-5-2-6-12-19/h1-17,32-33H. The van der Waals surface area contributed by atoms with E-state index in [1.54, 1.807) is 12.1 Å². The third-order valence-corrected chi connectivity index (χ3v) is 5.94. The first-order valence-electron chi connectivity index (χ1n) is 11.0. The molecule has 0 fully saturated rings. The van der Waals surface area contributed by atoms with Crippen LogP contribution in [0.1, 0.15) is 0 Å². The molecule has 0 bridgehead atoms. The number of fused-ring (bicyclic) bond motifs is 3. The van der Waals surface area contributed by atoms with Crippen molar-refractivity contribution < 1.29 is 14.5 Å². The van der Waals surface area contributed by atoms with Crippen LogP contribution in [0.2, 0.25) is 0 Å². The lowest BCUT2D eigenvalue weighted by Gasteiger charge is -2.09. The molecule has 4 aromatic carbocycles. The smallest absolute Gasteiger partial charge is 0.456 e. The largest absolute Gasteiger partial charge is 0.492 e. The lowest BCUT2D eigenvalue weighted by molar-refractivity contribution is 0.425. The number of hydrogen-bond donors (Lipinski definition) is 2. The van der Waals surface area contributed by atoms with Crippen LogP contribution in [0.4, 0.5) is 0 Å². The summed E-state index contributed by atoms with van der Waals surface area (Å²) in [6.45, 7) is 0. The van der Waals surface area contributed by atoms with Gasteiger partial charge in [-0.25, -0.2) is 9.97 Å². The number of aromatic nitrogens is 2. The molecule has 0 saturated carbocycles. The van der Waals surface area contributed by atoms with E-state index in [2.05, 4.69) is 0 Å². The maximum absolute atomic E-state index is 9.83. The van der Waals surface area contributed by atoms with Gasteiger partial charge in [0.1, 0.15) is 11.2 Å². The van der Waals surface area contributed by atoms with Crippen LogP contribution in [0.15, 0.2) is 108 Å². The second-order valence-electron chi connectivity index (χ2n) is 8.08. The Kier molecular flexibility index (Phi) is 4.95. The molecule has 2 N–H and O–H groups in total. The molecular weight excluding hydrogens is 423 g/mol. The highest BCUT2D eigenvalue weighted by Crippen LogP contribution is 2.35. The maximum Gasteiger partial charge on any atom is 0.492 e. The van der Waals surface area contributed by atoms with Gasteiger partial charge in [-0.05, 0) is 12.1 Å². The van der Waals surface area contributed by atoms with Gasteiger partial charge in [0.2, 0.25) is 0 Å². The normalized spacial score (nSPS) is 11.2. The molecule has 5 nitrogen and oxygen atoms in total. The lowest BCUT2D eigenvalue weighted by Crippen LogP contribution is -2.29. The molecule has 2 heterocycles. The van der Waals surface area contributed by atoms with E-state index in [9.17, 15) is 10.0 Å². The molecule has 0 radical (unpaired) electrons. The molecule has 0 aliphatic carbocycles. The van der Waals surface area contributed by atoms with Crippen molar-refractivity contribution in [1.82, 2.24) is 9.97 Å². The molecule has 2 aromatic heterocycles. The van der Waals surface area contributed by atoms with Crippen molar-refractivity contribution in [3.63, 3.8) is 0 Å². The Morgan fingerprint density at radius 2 is 1.15 bits per heavy atom. The summed E-state index contributed by atoms with van der Waals surface area (Å²) in [6, 6.07) is 33.2. The van der Waals surface area contributed by atoms with E-state index in [4.69, 9.17) is 14.4 Å². The zero-order valence-electron chi connectivity index (χ0n) is 18.1. The Morgan fingerprint density at radius 3 is 1.74 bits per heavy atom. The second kappa shape index (κ2) is 8.26. The van der Waals surface area contributed by atoms with Gasteiger partial charge in [0, 0.05) is 27.4 Å². The summed E-state index contributed by atoms with van der Waals surface area (Å²) in [5, 5.41) is 21.3. The van der Waals surface area contributed by atoms with Crippen LogP contribution in [-0.4, -0.2) is 27.1 Å². The SMILES string of the molecule is OB(O)c1cccc2c1oc1c(-c3nc(-c4ccccc4)cc(-c4ccccc4)n3)cccc12. The van der Waals surface area contributed by atoms with Crippen LogP contribution < -0.4 is 5.46 Å². The first-order valence-corrected chi connectivity index (χ1v) is 11.0. The number of para-hydroxylation sites is 2. The molecule has 0 aliphatic heterocycles. The van der Waals surface area contributed by atoms with Gasteiger partial charge in [-0.3, -0.25) is 0 Å². The molecule has 0 unspecified atom stereocenters. The number of hydrogen-bond acceptors (Lipinski definition) is 5. The number of benzene rings is 4. The third-order valence-electron chi connectivity index (χ3n) is 5.94. The molecule has 0 atom stereocenters. The monoisotopic (exact) mass is 442 g/mol. The molecule has 34 heavy (non-hydrogen) atoms. The number of rotatable bonds is 4. The Morgan fingerprint density at radius 1 is 0.588 bits per heavy atom. The number of nitrogens with zero attached hydrogens (tertiary/aromatic N) is 2. The van der Waals surface area contributed by atoms with Gasteiger partial charge in [-0.1, -0.05) is 91.0 Å². The summed E-state index contributed by atoms with van der Waals surface area (Å²) in [5.41, 5.74) is 5.72. The van der Waals surface area contributed by atoms with Gasteiger partial charge < -0.3 is 14.5 Å². The third kappa shape index (κ3) is 3.46. The average Bonchev–Trinajstić information content (AvgIpc) is 3.28. The quantitative estimate of drug-likeness (QED) is 0.374. The number of furan rings is 1. The van der Waals surface area contributed by atoms with Crippen molar-refractivity contribution in [1.29, 1.82) is 0 Å². The van der Waals surface area contributed by atoms with Crippen molar-refractivity contribution >= 4 is 34.5 Å². The molecule has 0 spiro atoms. The second-order valence-corrected chi connectivity index (χ2v) is 8.08. The van der Waals surface area contributed by atoms with E-state index >= 15 is 0 Å². The molecule has 6 heteroatoms. The summed E-state index contributed by atoms with van der Waals surface area (Å²) in [7, 11) is -1.63. The van der Waals surface area contributed by atoms with Gasteiger partial charge in [0.15, 0.2) is 5.82 Å². The van der Waals surface area contributed by atoms with Crippen LogP contribution in [0, 0.1) is 0 Å². The molecular formula is C28H19BN2O3. The van der Waals surface area contributed by atoms with Gasteiger partial charge in [0.05, 0.1) is 17.0 Å². The van der Waals surface area contributed by atoms with Gasteiger partial charge in [-0.2, -0.15) is 0 Å². The predicted octanol–water partition coefficient (Wildman–Crippen LogP) is 5.06. The van der Waals surface area contributed by atoms with Crippen LogP contribution in [0.5, 0.6) is 0 Å². The minimum Gasteiger partial charge on any atom is -0.456 e. The van der Waals surface area contributed by atoms with Gasteiger partial charge in [0.25, 0.3) is 0 Å². The van der Waals surface area contributed by atoms with E-state index < -0.39 is 7.12 Å². The molecule has 0 saturated heterocycles.